The van der Waals surface area contributed by atoms with Gasteiger partial charge in [-0.2, -0.15) is 0 Å². The molecule has 1 aliphatic carbocycles. The molecule has 152 valence electrons. The number of rotatable bonds is 5. The Labute approximate surface area is 166 Å². The van der Waals surface area contributed by atoms with Crippen LogP contribution < -0.4 is 15.4 Å². The fourth-order valence-corrected chi connectivity index (χ4v) is 3.85. The number of ether oxygens (including phenoxy) is 2. The first-order valence-corrected chi connectivity index (χ1v) is 10.2. The number of carbonyl (C=O) groups is 2. The lowest BCUT2D eigenvalue weighted by Gasteiger charge is -2.30. The van der Waals surface area contributed by atoms with Crippen molar-refractivity contribution in [3.63, 3.8) is 0 Å². The Balaban J connectivity index is 1.90. The monoisotopic (exact) mass is 386 g/mol. The van der Waals surface area contributed by atoms with E-state index in [1.54, 1.807) is 6.92 Å². The van der Waals surface area contributed by atoms with Crippen LogP contribution in [0.25, 0.3) is 0 Å². The van der Waals surface area contributed by atoms with Gasteiger partial charge in [0.1, 0.15) is 11.9 Å². The molecule has 0 aromatic heterocycles. The summed E-state index contributed by atoms with van der Waals surface area (Å²) >= 11 is 0. The summed E-state index contributed by atoms with van der Waals surface area (Å²) in [6.45, 7) is 5.63. The fraction of sp³-hybridized carbons (Fsp3) is 0.545. The molecule has 1 aliphatic heterocycles. The number of benzene rings is 1. The van der Waals surface area contributed by atoms with Gasteiger partial charge in [0.2, 0.25) is 0 Å². The molecule has 2 aliphatic rings. The third-order valence-electron chi connectivity index (χ3n) is 5.16. The Kier molecular flexibility index (Phi) is 6.60. The molecule has 1 aromatic rings. The van der Waals surface area contributed by atoms with Crippen molar-refractivity contribution in [2.45, 2.75) is 77.5 Å². The summed E-state index contributed by atoms with van der Waals surface area (Å²) < 4.78 is 11.8. The Bertz CT molecular complexity index is 749. The minimum atomic E-state index is -0.609. The number of urea groups is 1. The van der Waals surface area contributed by atoms with E-state index >= 15 is 0 Å². The Morgan fingerprint density at radius 2 is 1.79 bits per heavy atom. The van der Waals surface area contributed by atoms with Crippen LogP contribution in [0.5, 0.6) is 5.75 Å². The van der Waals surface area contributed by atoms with Gasteiger partial charge in [-0.1, -0.05) is 31.0 Å². The van der Waals surface area contributed by atoms with Crippen molar-refractivity contribution in [1.82, 2.24) is 10.6 Å². The van der Waals surface area contributed by atoms with Gasteiger partial charge < -0.3 is 20.1 Å². The van der Waals surface area contributed by atoms with Gasteiger partial charge in [-0.05, 0) is 52.5 Å². The predicted octanol–water partition coefficient (Wildman–Crippen LogP) is 4.37. The van der Waals surface area contributed by atoms with Crippen LogP contribution in [0, 0.1) is 0 Å². The third kappa shape index (κ3) is 4.86. The second kappa shape index (κ2) is 9.13. The lowest BCUT2D eigenvalue weighted by atomic mass is 9.94. The summed E-state index contributed by atoms with van der Waals surface area (Å²) in [7, 11) is 0. The van der Waals surface area contributed by atoms with Crippen molar-refractivity contribution in [2.24, 2.45) is 0 Å². The van der Waals surface area contributed by atoms with Gasteiger partial charge in [-0.15, -0.1) is 0 Å². The smallest absolute Gasteiger partial charge is 0.338 e. The molecular formula is C22H30N2O4. The van der Waals surface area contributed by atoms with Crippen LogP contribution in [0.2, 0.25) is 0 Å². The highest BCUT2D eigenvalue weighted by Crippen LogP contribution is 2.34. The van der Waals surface area contributed by atoms with E-state index < -0.39 is 6.04 Å². The molecule has 2 N–H and O–H groups in total. The Morgan fingerprint density at radius 3 is 2.46 bits per heavy atom. The normalized spacial score (nSPS) is 21.0. The second-order valence-electron chi connectivity index (χ2n) is 7.79. The predicted molar refractivity (Wildman–Crippen MR) is 107 cm³/mol. The Morgan fingerprint density at radius 1 is 1.11 bits per heavy atom. The number of hydrogen-bond acceptors (Lipinski definition) is 4. The minimum absolute atomic E-state index is 0.0231. The first-order valence-electron chi connectivity index (χ1n) is 10.2. The number of esters is 1. The molecule has 0 bridgehead atoms. The van der Waals surface area contributed by atoms with Gasteiger partial charge in [0.05, 0.1) is 17.7 Å². The summed E-state index contributed by atoms with van der Waals surface area (Å²) in [6, 6.07) is 6.53. The van der Waals surface area contributed by atoms with E-state index in [4.69, 9.17) is 9.47 Å². The van der Waals surface area contributed by atoms with E-state index in [0.29, 0.717) is 17.0 Å². The van der Waals surface area contributed by atoms with Crippen LogP contribution in [-0.4, -0.2) is 24.2 Å². The number of hydrogen-bond donors (Lipinski definition) is 2. The van der Waals surface area contributed by atoms with E-state index in [1.807, 2.05) is 38.1 Å². The molecule has 0 spiro atoms. The lowest BCUT2D eigenvalue weighted by molar-refractivity contribution is -0.145. The standard InChI is InChI=1S/C22H30N2O4/c1-14(2)27-18-13-9-8-12-17(18)20-19(15(3)23-22(26)24-20)21(25)28-16-10-6-4-5-7-11-16/h8-9,12-14,16,20H,4-7,10-11H2,1-3H3,(H2,23,24,26)/t20-/m0/s1. The molecule has 28 heavy (non-hydrogen) atoms. The molecule has 6 heteroatoms. The Hall–Kier alpha value is -2.50. The summed E-state index contributed by atoms with van der Waals surface area (Å²) in [5.41, 5.74) is 1.70. The van der Waals surface area contributed by atoms with E-state index in [9.17, 15) is 9.59 Å². The fourth-order valence-electron chi connectivity index (χ4n) is 3.85. The van der Waals surface area contributed by atoms with Crippen molar-refractivity contribution in [2.75, 3.05) is 0 Å². The van der Waals surface area contributed by atoms with Crippen molar-refractivity contribution < 1.29 is 19.1 Å². The van der Waals surface area contributed by atoms with Crippen molar-refractivity contribution in [1.29, 1.82) is 0 Å². The second-order valence-corrected chi connectivity index (χ2v) is 7.79. The van der Waals surface area contributed by atoms with Crippen LogP contribution in [0.3, 0.4) is 0 Å². The zero-order valence-corrected chi connectivity index (χ0v) is 16.9. The van der Waals surface area contributed by atoms with Crippen LogP contribution in [0.1, 0.15) is 70.9 Å². The topological polar surface area (TPSA) is 76.7 Å². The van der Waals surface area contributed by atoms with E-state index in [-0.39, 0.29) is 24.2 Å². The molecule has 2 amide bonds. The zero-order chi connectivity index (χ0) is 20.1. The molecule has 1 saturated carbocycles. The summed E-state index contributed by atoms with van der Waals surface area (Å²) in [6.07, 6.45) is 6.26. The van der Waals surface area contributed by atoms with Crippen molar-refractivity contribution in [3.05, 3.63) is 41.1 Å². The van der Waals surface area contributed by atoms with Gasteiger partial charge in [0, 0.05) is 11.3 Å². The van der Waals surface area contributed by atoms with Crippen LogP contribution >= 0.6 is 0 Å². The van der Waals surface area contributed by atoms with E-state index in [1.165, 1.54) is 12.8 Å². The first kappa shape index (κ1) is 20.2. The van der Waals surface area contributed by atoms with Gasteiger partial charge >= 0.3 is 12.0 Å². The summed E-state index contributed by atoms with van der Waals surface area (Å²) in [5.74, 6) is 0.276. The van der Waals surface area contributed by atoms with Gasteiger partial charge in [-0.3, -0.25) is 0 Å². The first-order chi connectivity index (χ1) is 13.5. The van der Waals surface area contributed by atoms with Crippen molar-refractivity contribution >= 4 is 12.0 Å². The SMILES string of the molecule is CC1=C(C(=O)OC2CCCCCC2)[C@H](c2ccccc2OC(C)C)NC(=O)N1. The maximum Gasteiger partial charge on any atom is 0.338 e. The molecule has 1 aromatic carbocycles. The average Bonchev–Trinajstić information content (AvgIpc) is 2.89. The molecule has 6 nitrogen and oxygen atoms in total. The molecule has 1 heterocycles. The molecule has 0 unspecified atom stereocenters. The van der Waals surface area contributed by atoms with Crippen LogP contribution in [0.4, 0.5) is 4.79 Å². The molecule has 0 radical (unpaired) electrons. The highest BCUT2D eigenvalue weighted by atomic mass is 16.5. The third-order valence-corrected chi connectivity index (χ3v) is 5.16. The van der Waals surface area contributed by atoms with E-state index in [2.05, 4.69) is 10.6 Å². The van der Waals surface area contributed by atoms with Gasteiger partial charge in [0.25, 0.3) is 0 Å². The maximum atomic E-state index is 13.1. The number of amides is 2. The highest BCUT2D eigenvalue weighted by Gasteiger charge is 2.35. The maximum absolute atomic E-state index is 13.1. The minimum Gasteiger partial charge on any atom is -0.491 e. The molecule has 0 saturated heterocycles. The summed E-state index contributed by atoms with van der Waals surface area (Å²) in [5, 5.41) is 5.58. The number of para-hydroxylation sites is 1. The van der Waals surface area contributed by atoms with E-state index in [0.717, 1.165) is 31.2 Å². The zero-order valence-electron chi connectivity index (χ0n) is 16.9. The number of carbonyl (C=O) groups excluding carboxylic acids is 2. The molecule has 1 atom stereocenters. The average molecular weight is 386 g/mol. The lowest BCUT2D eigenvalue weighted by Crippen LogP contribution is -2.45. The van der Waals surface area contributed by atoms with Gasteiger partial charge in [-0.25, -0.2) is 9.59 Å². The number of nitrogens with one attached hydrogen (secondary N) is 2. The molecular weight excluding hydrogens is 356 g/mol. The number of allylic oxidation sites excluding steroid dienone is 1. The highest BCUT2D eigenvalue weighted by molar-refractivity contribution is 5.95. The van der Waals surface area contributed by atoms with Crippen LogP contribution in [-0.2, 0) is 9.53 Å². The van der Waals surface area contributed by atoms with Crippen molar-refractivity contribution in [3.8, 4) is 5.75 Å². The largest absolute Gasteiger partial charge is 0.491 e. The van der Waals surface area contributed by atoms with Gasteiger partial charge in [0.15, 0.2) is 0 Å². The summed E-state index contributed by atoms with van der Waals surface area (Å²) in [4.78, 5) is 25.2. The quantitative estimate of drug-likeness (QED) is 0.582. The molecule has 3 rings (SSSR count). The van der Waals surface area contributed by atoms with Crippen LogP contribution in [0.15, 0.2) is 35.5 Å². The molecule has 1 fully saturated rings.